The van der Waals surface area contributed by atoms with Crippen molar-refractivity contribution in [2.24, 2.45) is 5.73 Å². The fourth-order valence-corrected chi connectivity index (χ4v) is 1.11. The van der Waals surface area contributed by atoms with Crippen molar-refractivity contribution >= 4 is 18.4 Å². The number of carboxylic acids is 1. The van der Waals surface area contributed by atoms with Gasteiger partial charge in [-0.2, -0.15) is 0 Å². The number of benzene rings is 1. The molecule has 0 heterocycles. The maximum Gasteiger partial charge on any atom is 0.336 e. The maximum atomic E-state index is 10.8. The number of halogens is 1. The van der Waals surface area contributed by atoms with Gasteiger partial charge in [0.1, 0.15) is 0 Å². The number of aromatic carboxylic acids is 1. The first-order valence-electron chi connectivity index (χ1n) is 3.87. The zero-order chi connectivity index (χ0) is 9.84. The molecule has 76 valence electrons. The number of nitrogens with two attached hydrogens (primary N) is 1. The highest BCUT2D eigenvalue weighted by atomic mass is 35.5. The molecule has 4 heteroatoms. The first-order chi connectivity index (χ1) is 6.16. The Balaban J connectivity index is 0.00000169. The van der Waals surface area contributed by atoms with E-state index in [1.54, 1.807) is 18.2 Å². The topological polar surface area (TPSA) is 63.3 Å². The molecular weight excluding hydrogens is 202 g/mol. The van der Waals surface area contributed by atoms with Crippen LogP contribution in [0.5, 0.6) is 0 Å². The lowest BCUT2D eigenvalue weighted by molar-refractivity contribution is 0.0695. The molecular formula is C10H12ClNO2. The van der Waals surface area contributed by atoms with Crippen molar-refractivity contribution in [1.82, 2.24) is 0 Å². The molecule has 0 amide bonds. The SMILES string of the molecule is C=C[C@@H](N)c1ccccc1C(=O)O.Cl. The van der Waals surface area contributed by atoms with Gasteiger partial charge in [-0.3, -0.25) is 0 Å². The summed E-state index contributed by atoms with van der Waals surface area (Å²) in [7, 11) is 0. The van der Waals surface area contributed by atoms with Crippen LogP contribution >= 0.6 is 12.4 Å². The Morgan fingerprint density at radius 1 is 1.50 bits per heavy atom. The van der Waals surface area contributed by atoms with Gasteiger partial charge in [-0.15, -0.1) is 19.0 Å². The molecule has 0 aliphatic rings. The van der Waals surface area contributed by atoms with Gasteiger partial charge in [0, 0.05) is 6.04 Å². The van der Waals surface area contributed by atoms with Crippen LogP contribution in [0.3, 0.4) is 0 Å². The van der Waals surface area contributed by atoms with Gasteiger partial charge in [0.05, 0.1) is 5.56 Å². The predicted molar refractivity (Wildman–Crippen MR) is 57.8 cm³/mol. The lowest BCUT2D eigenvalue weighted by Gasteiger charge is -2.09. The zero-order valence-electron chi connectivity index (χ0n) is 7.51. The van der Waals surface area contributed by atoms with Crippen molar-refractivity contribution in [1.29, 1.82) is 0 Å². The summed E-state index contributed by atoms with van der Waals surface area (Å²) in [6.07, 6.45) is 1.52. The lowest BCUT2D eigenvalue weighted by Crippen LogP contribution is -2.12. The Labute approximate surface area is 88.7 Å². The van der Waals surface area contributed by atoms with Gasteiger partial charge in [0.2, 0.25) is 0 Å². The van der Waals surface area contributed by atoms with Crippen molar-refractivity contribution in [3.8, 4) is 0 Å². The quantitative estimate of drug-likeness (QED) is 0.755. The van der Waals surface area contributed by atoms with Crippen LogP contribution in [-0.2, 0) is 0 Å². The van der Waals surface area contributed by atoms with Crippen molar-refractivity contribution in [3.63, 3.8) is 0 Å². The van der Waals surface area contributed by atoms with E-state index in [2.05, 4.69) is 6.58 Å². The van der Waals surface area contributed by atoms with Gasteiger partial charge in [-0.1, -0.05) is 24.3 Å². The van der Waals surface area contributed by atoms with Crippen LogP contribution in [0, 0.1) is 0 Å². The third-order valence-electron chi connectivity index (χ3n) is 1.80. The average Bonchev–Trinajstić information content (AvgIpc) is 2.16. The third kappa shape index (κ3) is 2.58. The molecule has 0 aliphatic heterocycles. The van der Waals surface area contributed by atoms with Crippen LogP contribution in [0.1, 0.15) is 22.0 Å². The van der Waals surface area contributed by atoms with Crippen LogP contribution in [-0.4, -0.2) is 11.1 Å². The summed E-state index contributed by atoms with van der Waals surface area (Å²) in [5.74, 6) is -0.965. The van der Waals surface area contributed by atoms with Crippen molar-refractivity contribution in [3.05, 3.63) is 48.0 Å². The van der Waals surface area contributed by atoms with E-state index in [0.29, 0.717) is 5.56 Å². The standard InChI is InChI=1S/C10H11NO2.ClH/c1-2-9(11)7-5-3-4-6-8(7)10(12)13;/h2-6,9H,1,11H2,(H,12,13);1H/t9-;/m1./s1. The van der Waals surface area contributed by atoms with Crippen LogP contribution in [0.15, 0.2) is 36.9 Å². The number of carbonyl (C=O) groups is 1. The summed E-state index contributed by atoms with van der Waals surface area (Å²) in [5.41, 5.74) is 6.47. The first-order valence-corrected chi connectivity index (χ1v) is 3.87. The zero-order valence-corrected chi connectivity index (χ0v) is 8.33. The van der Waals surface area contributed by atoms with Crippen molar-refractivity contribution in [2.75, 3.05) is 0 Å². The van der Waals surface area contributed by atoms with Gasteiger partial charge >= 0.3 is 5.97 Å². The Hall–Kier alpha value is -1.32. The van der Waals surface area contributed by atoms with E-state index < -0.39 is 12.0 Å². The summed E-state index contributed by atoms with van der Waals surface area (Å²) >= 11 is 0. The normalized spacial score (nSPS) is 11.2. The number of hydrogen-bond acceptors (Lipinski definition) is 2. The van der Waals surface area contributed by atoms with Crippen LogP contribution in [0.25, 0.3) is 0 Å². The molecule has 14 heavy (non-hydrogen) atoms. The van der Waals surface area contributed by atoms with Gasteiger partial charge in [-0.05, 0) is 11.6 Å². The molecule has 1 aromatic carbocycles. The molecule has 1 atom stereocenters. The molecule has 0 saturated carbocycles. The summed E-state index contributed by atoms with van der Waals surface area (Å²) < 4.78 is 0. The molecule has 1 aromatic rings. The van der Waals surface area contributed by atoms with Crippen LogP contribution < -0.4 is 5.73 Å². The van der Waals surface area contributed by atoms with Gasteiger partial charge in [0.15, 0.2) is 0 Å². The highest BCUT2D eigenvalue weighted by molar-refractivity contribution is 5.89. The van der Waals surface area contributed by atoms with Crippen LogP contribution in [0.4, 0.5) is 0 Å². The predicted octanol–water partition coefficient (Wildman–Crippen LogP) is 1.99. The number of carboxylic acid groups (broad SMARTS) is 1. The molecule has 0 radical (unpaired) electrons. The summed E-state index contributed by atoms with van der Waals surface area (Å²) in [6, 6.07) is 6.22. The number of rotatable bonds is 3. The fraction of sp³-hybridized carbons (Fsp3) is 0.100. The minimum Gasteiger partial charge on any atom is -0.478 e. The molecule has 3 N–H and O–H groups in total. The summed E-state index contributed by atoms with van der Waals surface area (Å²) in [4.78, 5) is 10.8. The number of hydrogen-bond donors (Lipinski definition) is 2. The molecule has 0 unspecified atom stereocenters. The van der Waals surface area contributed by atoms with E-state index in [4.69, 9.17) is 10.8 Å². The van der Waals surface area contributed by atoms with E-state index >= 15 is 0 Å². The Morgan fingerprint density at radius 3 is 2.57 bits per heavy atom. The van der Waals surface area contributed by atoms with Gasteiger partial charge in [0.25, 0.3) is 0 Å². The third-order valence-corrected chi connectivity index (χ3v) is 1.80. The van der Waals surface area contributed by atoms with Gasteiger partial charge < -0.3 is 10.8 Å². The largest absolute Gasteiger partial charge is 0.478 e. The minimum atomic E-state index is -0.965. The molecule has 0 aromatic heterocycles. The maximum absolute atomic E-state index is 10.8. The molecule has 1 rings (SSSR count). The Kier molecular flexibility index (Phi) is 4.91. The average molecular weight is 214 g/mol. The second-order valence-electron chi connectivity index (χ2n) is 2.65. The minimum absolute atomic E-state index is 0. The van der Waals surface area contributed by atoms with Gasteiger partial charge in [-0.25, -0.2) is 4.79 Å². The second kappa shape index (κ2) is 5.42. The van der Waals surface area contributed by atoms with E-state index in [-0.39, 0.29) is 18.0 Å². The fourth-order valence-electron chi connectivity index (χ4n) is 1.11. The second-order valence-corrected chi connectivity index (χ2v) is 2.65. The Bertz CT molecular complexity index is 339. The first kappa shape index (κ1) is 12.7. The van der Waals surface area contributed by atoms with E-state index in [1.807, 2.05) is 0 Å². The molecule has 0 bridgehead atoms. The lowest BCUT2D eigenvalue weighted by atomic mass is 10.0. The van der Waals surface area contributed by atoms with Crippen molar-refractivity contribution in [2.45, 2.75) is 6.04 Å². The van der Waals surface area contributed by atoms with E-state index in [0.717, 1.165) is 0 Å². The molecule has 0 fully saturated rings. The highest BCUT2D eigenvalue weighted by Crippen LogP contribution is 2.16. The molecule has 0 saturated heterocycles. The monoisotopic (exact) mass is 213 g/mol. The van der Waals surface area contributed by atoms with Crippen molar-refractivity contribution < 1.29 is 9.90 Å². The van der Waals surface area contributed by atoms with E-state index in [1.165, 1.54) is 12.1 Å². The molecule has 0 spiro atoms. The summed E-state index contributed by atoms with van der Waals surface area (Å²) in [6.45, 7) is 3.52. The highest BCUT2D eigenvalue weighted by Gasteiger charge is 2.12. The summed E-state index contributed by atoms with van der Waals surface area (Å²) in [5, 5.41) is 8.82. The Morgan fingerprint density at radius 2 is 2.07 bits per heavy atom. The molecule has 0 aliphatic carbocycles. The molecule has 3 nitrogen and oxygen atoms in total. The smallest absolute Gasteiger partial charge is 0.336 e. The van der Waals surface area contributed by atoms with E-state index in [9.17, 15) is 4.79 Å². The van der Waals surface area contributed by atoms with Crippen LogP contribution in [0.2, 0.25) is 0 Å².